The summed E-state index contributed by atoms with van der Waals surface area (Å²) >= 11 is 1.45. The smallest absolute Gasteiger partial charge is 0.408 e. The third kappa shape index (κ3) is 7.65. The van der Waals surface area contributed by atoms with Crippen molar-refractivity contribution in [2.24, 2.45) is 11.8 Å². The van der Waals surface area contributed by atoms with E-state index in [1.165, 1.54) is 37.0 Å². The van der Waals surface area contributed by atoms with E-state index in [0.29, 0.717) is 12.5 Å². The Balaban J connectivity index is 1.54. The van der Waals surface area contributed by atoms with Gasteiger partial charge in [-0.1, -0.05) is 13.8 Å². The molecule has 1 aromatic rings. The molecule has 1 atom stereocenters. The first-order valence-electron chi connectivity index (χ1n) is 11.3. The van der Waals surface area contributed by atoms with Crippen molar-refractivity contribution in [3.8, 4) is 0 Å². The Kier molecular flexibility index (Phi) is 7.63. The molecule has 2 aliphatic carbocycles. The van der Waals surface area contributed by atoms with Crippen LogP contribution in [0.25, 0.3) is 0 Å². The summed E-state index contributed by atoms with van der Waals surface area (Å²) < 4.78 is 5.25. The Labute approximate surface area is 193 Å². The number of aromatic nitrogens is 1. The SMILES string of the molecule is CC(C)C[C@H](NC(=O)OC(C)(C)C)C(=O)NNC(=O)c1csc(N(CC2CC2)C2CC2)n1. The lowest BCUT2D eigenvalue weighted by atomic mass is 10.0. The van der Waals surface area contributed by atoms with Crippen molar-refractivity contribution in [3.63, 3.8) is 0 Å². The van der Waals surface area contributed by atoms with Gasteiger partial charge in [0.1, 0.15) is 17.3 Å². The lowest BCUT2D eigenvalue weighted by molar-refractivity contribution is -0.124. The molecule has 1 heterocycles. The summed E-state index contributed by atoms with van der Waals surface area (Å²) in [5, 5.41) is 5.16. The number of hydrazine groups is 1. The molecule has 1 aromatic heterocycles. The number of hydrogen-bond acceptors (Lipinski definition) is 7. The summed E-state index contributed by atoms with van der Waals surface area (Å²) in [5.74, 6) is -0.103. The van der Waals surface area contributed by atoms with Gasteiger partial charge in [0.15, 0.2) is 5.13 Å². The van der Waals surface area contributed by atoms with Crippen LogP contribution >= 0.6 is 11.3 Å². The highest BCUT2D eigenvalue weighted by atomic mass is 32.1. The maximum absolute atomic E-state index is 12.6. The largest absolute Gasteiger partial charge is 0.444 e. The number of anilines is 1. The Morgan fingerprint density at radius 3 is 2.44 bits per heavy atom. The number of hydrogen-bond donors (Lipinski definition) is 3. The summed E-state index contributed by atoms with van der Waals surface area (Å²) in [5.41, 5.74) is 4.43. The van der Waals surface area contributed by atoms with Gasteiger partial charge in [0.25, 0.3) is 11.8 Å². The minimum atomic E-state index is -0.833. The van der Waals surface area contributed by atoms with E-state index in [1.807, 2.05) is 13.8 Å². The molecule has 0 saturated heterocycles. The Morgan fingerprint density at radius 2 is 1.88 bits per heavy atom. The first kappa shape index (κ1) is 24.3. The molecular weight excluding hydrogens is 430 g/mol. The molecule has 3 rings (SSSR count). The zero-order valence-corrected chi connectivity index (χ0v) is 20.4. The first-order chi connectivity index (χ1) is 15.0. The molecule has 0 aliphatic heterocycles. The average molecular weight is 466 g/mol. The fourth-order valence-electron chi connectivity index (χ4n) is 3.27. The fraction of sp³-hybridized carbons (Fsp3) is 0.727. The van der Waals surface area contributed by atoms with Crippen molar-refractivity contribution in [1.82, 2.24) is 21.2 Å². The molecule has 0 radical (unpaired) electrons. The van der Waals surface area contributed by atoms with Crippen LogP contribution < -0.4 is 21.1 Å². The van der Waals surface area contributed by atoms with Crippen molar-refractivity contribution in [2.45, 2.75) is 84.4 Å². The zero-order chi connectivity index (χ0) is 23.5. The second-order valence-corrected chi connectivity index (χ2v) is 11.0. The van der Waals surface area contributed by atoms with Crippen LogP contribution in [-0.2, 0) is 9.53 Å². The predicted molar refractivity (Wildman–Crippen MR) is 123 cm³/mol. The van der Waals surface area contributed by atoms with E-state index in [2.05, 4.69) is 26.1 Å². The summed E-state index contributed by atoms with van der Waals surface area (Å²) in [7, 11) is 0. The van der Waals surface area contributed by atoms with Crippen LogP contribution in [0, 0.1) is 11.8 Å². The van der Waals surface area contributed by atoms with Crippen LogP contribution in [0.5, 0.6) is 0 Å². The van der Waals surface area contributed by atoms with Crippen molar-refractivity contribution in [3.05, 3.63) is 11.1 Å². The maximum atomic E-state index is 12.6. The van der Waals surface area contributed by atoms with Gasteiger partial charge < -0.3 is 15.0 Å². The van der Waals surface area contributed by atoms with Crippen molar-refractivity contribution >= 4 is 34.4 Å². The van der Waals surface area contributed by atoms with Gasteiger partial charge >= 0.3 is 6.09 Å². The van der Waals surface area contributed by atoms with E-state index in [0.717, 1.165) is 17.6 Å². The number of thiazole rings is 1. The number of ether oxygens (including phenoxy) is 1. The predicted octanol–water partition coefficient (Wildman–Crippen LogP) is 3.22. The van der Waals surface area contributed by atoms with Crippen LogP contribution in [0.1, 0.15) is 77.2 Å². The van der Waals surface area contributed by atoms with E-state index < -0.39 is 29.6 Å². The topological polar surface area (TPSA) is 113 Å². The molecule has 2 fully saturated rings. The molecule has 3 amide bonds. The van der Waals surface area contributed by atoms with Gasteiger partial charge in [-0.15, -0.1) is 11.3 Å². The average Bonchev–Trinajstić information content (AvgIpc) is 3.60. The van der Waals surface area contributed by atoms with E-state index in [4.69, 9.17) is 4.74 Å². The Hall–Kier alpha value is -2.36. The molecule has 0 spiro atoms. The molecule has 3 N–H and O–H groups in total. The highest BCUT2D eigenvalue weighted by Crippen LogP contribution is 2.38. The van der Waals surface area contributed by atoms with Gasteiger partial charge in [-0.2, -0.15) is 0 Å². The second kappa shape index (κ2) is 10.1. The summed E-state index contributed by atoms with van der Waals surface area (Å²) in [6.07, 6.45) is 4.60. The normalized spacial score (nSPS) is 16.9. The number of rotatable bonds is 9. The first-order valence-corrected chi connectivity index (χ1v) is 12.2. The standard InChI is InChI=1S/C22H35N5O4S/c1-13(2)10-16(24-21(30)31-22(3,4)5)18(28)25-26-19(29)17-12-32-20(23-17)27(15-8-9-15)11-14-6-7-14/h12-16H,6-11H2,1-5H3,(H,24,30)(H,25,28)(H,26,29)/t16-/m0/s1. The van der Waals surface area contributed by atoms with E-state index >= 15 is 0 Å². The van der Waals surface area contributed by atoms with Gasteiger partial charge in [-0.25, -0.2) is 9.78 Å². The molecule has 10 heteroatoms. The van der Waals surface area contributed by atoms with E-state index in [-0.39, 0.29) is 11.6 Å². The van der Waals surface area contributed by atoms with Crippen molar-refractivity contribution in [2.75, 3.05) is 11.4 Å². The number of carbonyl (C=O) groups is 3. The quantitative estimate of drug-likeness (QED) is 0.483. The lowest BCUT2D eigenvalue weighted by Gasteiger charge is -2.24. The van der Waals surface area contributed by atoms with Gasteiger partial charge in [0.2, 0.25) is 0 Å². The van der Waals surface area contributed by atoms with Crippen molar-refractivity contribution in [1.29, 1.82) is 0 Å². The number of alkyl carbamates (subject to hydrolysis) is 1. The third-order valence-corrected chi connectivity index (χ3v) is 6.00. The molecular formula is C22H35N5O4S. The Bertz CT molecular complexity index is 827. The summed E-state index contributed by atoms with van der Waals surface area (Å²) in [6.45, 7) is 10.1. The highest BCUT2D eigenvalue weighted by molar-refractivity contribution is 7.14. The molecule has 178 valence electrons. The number of carbonyl (C=O) groups excluding carboxylic acids is 3. The minimum Gasteiger partial charge on any atom is -0.444 e. The van der Waals surface area contributed by atoms with E-state index in [9.17, 15) is 14.4 Å². The molecule has 0 aromatic carbocycles. The molecule has 0 unspecified atom stereocenters. The van der Waals surface area contributed by atoms with Crippen LogP contribution in [0.2, 0.25) is 0 Å². The van der Waals surface area contributed by atoms with Crippen molar-refractivity contribution < 1.29 is 19.1 Å². The Morgan fingerprint density at radius 1 is 1.19 bits per heavy atom. The monoisotopic (exact) mass is 465 g/mol. The van der Waals surface area contributed by atoms with Gasteiger partial charge in [-0.05, 0) is 64.7 Å². The van der Waals surface area contributed by atoms with E-state index in [1.54, 1.807) is 26.2 Å². The van der Waals surface area contributed by atoms with Crippen LogP contribution in [0.3, 0.4) is 0 Å². The molecule has 2 saturated carbocycles. The molecule has 0 bridgehead atoms. The van der Waals surface area contributed by atoms with Crippen LogP contribution in [0.15, 0.2) is 5.38 Å². The third-order valence-electron chi connectivity index (χ3n) is 5.12. The van der Waals surface area contributed by atoms with Gasteiger partial charge in [-0.3, -0.25) is 20.4 Å². The second-order valence-electron chi connectivity index (χ2n) is 10.1. The van der Waals surface area contributed by atoms with Gasteiger partial charge in [0.05, 0.1) is 0 Å². The van der Waals surface area contributed by atoms with Gasteiger partial charge in [0, 0.05) is 18.0 Å². The highest BCUT2D eigenvalue weighted by Gasteiger charge is 2.35. The number of nitrogens with zero attached hydrogens (tertiary/aromatic N) is 2. The number of nitrogens with one attached hydrogen (secondary N) is 3. The molecule has 32 heavy (non-hydrogen) atoms. The van der Waals surface area contributed by atoms with Crippen LogP contribution in [-0.4, -0.2) is 47.1 Å². The fourth-order valence-corrected chi connectivity index (χ4v) is 4.16. The van der Waals surface area contributed by atoms with Crippen LogP contribution in [0.4, 0.5) is 9.93 Å². The summed E-state index contributed by atoms with van der Waals surface area (Å²) in [6, 6.07) is -0.298. The summed E-state index contributed by atoms with van der Waals surface area (Å²) in [4.78, 5) is 44.1. The molecule has 2 aliphatic rings. The minimum absolute atomic E-state index is 0.150. The lowest BCUT2D eigenvalue weighted by Crippen LogP contribution is -2.53. The maximum Gasteiger partial charge on any atom is 0.408 e. The number of amides is 3. The zero-order valence-electron chi connectivity index (χ0n) is 19.6. The molecule has 9 nitrogen and oxygen atoms in total.